The van der Waals surface area contributed by atoms with Crippen LogP contribution in [0.1, 0.15) is 12.0 Å². The highest BCUT2D eigenvalue weighted by Gasteiger charge is 2.23. The average molecular weight is 261 g/mol. The molecule has 2 rings (SSSR count). The molecule has 6 nitrogen and oxygen atoms in total. The van der Waals surface area contributed by atoms with Crippen LogP contribution in [-0.4, -0.2) is 28.1 Å². The molecule has 1 aromatic rings. The Hall–Kier alpha value is -2.34. The van der Waals surface area contributed by atoms with Crippen LogP contribution in [0.15, 0.2) is 47.6 Å². The number of amides is 2. The Morgan fingerprint density at radius 3 is 2.89 bits per heavy atom. The molecule has 2 amide bonds. The van der Waals surface area contributed by atoms with E-state index in [0.29, 0.717) is 23.8 Å². The highest BCUT2D eigenvalue weighted by molar-refractivity contribution is 5.97. The van der Waals surface area contributed by atoms with Gasteiger partial charge in [0.15, 0.2) is 0 Å². The van der Waals surface area contributed by atoms with E-state index in [0.717, 1.165) is 5.56 Å². The summed E-state index contributed by atoms with van der Waals surface area (Å²) in [6.45, 7) is 0.376. The Morgan fingerprint density at radius 1 is 1.47 bits per heavy atom. The lowest BCUT2D eigenvalue weighted by molar-refractivity contribution is -0.0583. The van der Waals surface area contributed by atoms with Crippen molar-refractivity contribution in [2.75, 3.05) is 0 Å². The number of rotatable bonds is 4. The van der Waals surface area contributed by atoms with Gasteiger partial charge >= 0.3 is 6.03 Å². The van der Waals surface area contributed by atoms with Crippen molar-refractivity contribution < 1.29 is 14.8 Å². The molecule has 1 aromatic carbocycles. The maximum atomic E-state index is 10.8. The van der Waals surface area contributed by atoms with E-state index in [-0.39, 0.29) is 0 Å². The number of allylic oxidation sites excluding steroid dienone is 1. The third-order valence-electron chi connectivity index (χ3n) is 2.72. The molecule has 0 spiro atoms. The number of benzene rings is 1. The van der Waals surface area contributed by atoms with Crippen molar-refractivity contribution in [3.05, 3.63) is 48.0 Å². The first kappa shape index (κ1) is 13.1. The van der Waals surface area contributed by atoms with Gasteiger partial charge in [0, 0.05) is 6.42 Å². The van der Waals surface area contributed by atoms with E-state index in [4.69, 9.17) is 10.6 Å². The van der Waals surface area contributed by atoms with E-state index in [9.17, 15) is 10.0 Å². The molecule has 0 unspecified atom stereocenters. The number of hydroxylamine groups is 2. The molecule has 0 radical (unpaired) electrons. The summed E-state index contributed by atoms with van der Waals surface area (Å²) in [7, 11) is 0. The van der Waals surface area contributed by atoms with Crippen molar-refractivity contribution in [1.82, 2.24) is 5.06 Å². The molecule has 100 valence electrons. The normalized spacial score (nSPS) is 19.6. The fourth-order valence-electron chi connectivity index (χ4n) is 1.74. The number of oxime groups is 1. The second kappa shape index (κ2) is 6.01. The summed E-state index contributed by atoms with van der Waals surface area (Å²) in [6.07, 6.45) is 3.73. The molecule has 3 N–H and O–H groups in total. The predicted octanol–water partition coefficient (Wildman–Crippen LogP) is 1.66. The van der Waals surface area contributed by atoms with Crippen molar-refractivity contribution in [3.63, 3.8) is 0 Å². The number of urea groups is 1. The maximum Gasteiger partial charge on any atom is 0.339 e. The van der Waals surface area contributed by atoms with E-state index in [1.54, 1.807) is 12.2 Å². The summed E-state index contributed by atoms with van der Waals surface area (Å²) >= 11 is 0. The Balaban J connectivity index is 1.83. The summed E-state index contributed by atoms with van der Waals surface area (Å²) in [4.78, 5) is 16.0. The molecule has 0 saturated heterocycles. The summed E-state index contributed by atoms with van der Waals surface area (Å²) in [5.41, 5.74) is 6.64. The molecule has 6 heteroatoms. The van der Waals surface area contributed by atoms with Crippen LogP contribution in [-0.2, 0) is 11.4 Å². The minimum absolute atomic E-state index is 0.376. The van der Waals surface area contributed by atoms with Gasteiger partial charge in [-0.1, -0.05) is 41.6 Å². The quantitative estimate of drug-likeness (QED) is 0.638. The second-order valence-electron chi connectivity index (χ2n) is 4.16. The fraction of sp³-hybridized carbons (Fsp3) is 0.231. The monoisotopic (exact) mass is 261 g/mol. The maximum absolute atomic E-state index is 10.8. The number of nitrogens with two attached hydrogens (primary N) is 1. The van der Waals surface area contributed by atoms with E-state index in [1.165, 1.54) is 0 Å². The Labute approximate surface area is 110 Å². The van der Waals surface area contributed by atoms with Crippen LogP contribution in [0, 0.1) is 0 Å². The molecule has 0 aliphatic heterocycles. The van der Waals surface area contributed by atoms with Gasteiger partial charge in [0.25, 0.3) is 0 Å². The van der Waals surface area contributed by atoms with Crippen LogP contribution in [0.5, 0.6) is 0 Å². The fourth-order valence-corrected chi connectivity index (χ4v) is 1.74. The zero-order valence-electron chi connectivity index (χ0n) is 10.3. The lowest BCUT2D eigenvalue weighted by atomic mass is 10.2. The number of hydrogen-bond acceptors (Lipinski definition) is 4. The Bertz CT molecular complexity index is 499. The Morgan fingerprint density at radius 2 is 2.21 bits per heavy atom. The first-order chi connectivity index (χ1) is 9.16. The number of carbonyl (C=O) groups is 1. The van der Waals surface area contributed by atoms with Gasteiger partial charge in [-0.3, -0.25) is 5.21 Å². The van der Waals surface area contributed by atoms with E-state index in [1.807, 2.05) is 30.3 Å². The van der Waals surface area contributed by atoms with Crippen LogP contribution in [0.4, 0.5) is 4.79 Å². The number of carbonyl (C=O) groups excluding carboxylic acids is 1. The van der Waals surface area contributed by atoms with Gasteiger partial charge in [-0.05, 0) is 11.6 Å². The molecule has 0 fully saturated rings. The molecule has 1 atom stereocenters. The predicted molar refractivity (Wildman–Crippen MR) is 69.4 cm³/mol. The van der Waals surface area contributed by atoms with Gasteiger partial charge < -0.3 is 10.6 Å². The molecule has 0 saturated carbocycles. The van der Waals surface area contributed by atoms with E-state index in [2.05, 4.69) is 5.16 Å². The first-order valence-electron chi connectivity index (χ1n) is 5.85. The molecular formula is C13H15N3O3. The summed E-state index contributed by atoms with van der Waals surface area (Å²) in [5, 5.41) is 13.8. The van der Waals surface area contributed by atoms with Crippen LogP contribution >= 0.6 is 0 Å². The van der Waals surface area contributed by atoms with Gasteiger partial charge in [0.1, 0.15) is 6.61 Å². The highest BCUT2D eigenvalue weighted by Crippen LogP contribution is 2.13. The van der Waals surface area contributed by atoms with E-state index < -0.39 is 12.1 Å². The third kappa shape index (κ3) is 3.56. The van der Waals surface area contributed by atoms with Crippen LogP contribution < -0.4 is 5.73 Å². The first-order valence-corrected chi connectivity index (χ1v) is 5.85. The molecule has 1 aliphatic rings. The number of hydrogen-bond donors (Lipinski definition) is 2. The lowest BCUT2D eigenvalue weighted by Gasteiger charge is -2.17. The molecule has 0 bridgehead atoms. The molecular weight excluding hydrogens is 246 g/mol. The molecule has 0 aromatic heterocycles. The van der Waals surface area contributed by atoms with Gasteiger partial charge in [0.05, 0.1) is 11.8 Å². The highest BCUT2D eigenvalue weighted by atomic mass is 16.6. The van der Waals surface area contributed by atoms with Crippen molar-refractivity contribution >= 4 is 11.7 Å². The number of nitrogens with zero attached hydrogens (tertiary/aromatic N) is 2. The van der Waals surface area contributed by atoms with Crippen molar-refractivity contribution in [1.29, 1.82) is 0 Å². The van der Waals surface area contributed by atoms with Gasteiger partial charge in [0.2, 0.25) is 0 Å². The van der Waals surface area contributed by atoms with Gasteiger partial charge in [-0.25, -0.2) is 4.79 Å². The van der Waals surface area contributed by atoms with Crippen molar-refractivity contribution in [3.8, 4) is 0 Å². The van der Waals surface area contributed by atoms with Crippen molar-refractivity contribution in [2.45, 2.75) is 19.1 Å². The van der Waals surface area contributed by atoms with Crippen LogP contribution in [0.3, 0.4) is 0 Å². The summed E-state index contributed by atoms with van der Waals surface area (Å²) in [6, 6.07) is 8.30. The molecule has 1 aliphatic carbocycles. The standard InChI is InChI=1S/C13H15N3O3/c14-13(17)16(18)12-7-6-11(8-12)15-19-9-10-4-2-1-3-5-10/h1-7,12,18H,8-9H2,(H2,14,17)/t12-/m1/s1. The number of primary amides is 1. The summed E-state index contributed by atoms with van der Waals surface area (Å²) in [5.74, 6) is 0. The molecule has 19 heavy (non-hydrogen) atoms. The topological polar surface area (TPSA) is 88.2 Å². The van der Waals surface area contributed by atoms with E-state index >= 15 is 0 Å². The smallest absolute Gasteiger partial charge is 0.339 e. The van der Waals surface area contributed by atoms with Crippen LogP contribution in [0.25, 0.3) is 0 Å². The Kier molecular flexibility index (Phi) is 4.15. The van der Waals surface area contributed by atoms with Gasteiger partial charge in [-0.15, -0.1) is 0 Å². The zero-order valence-corrected chi connectivity index (χ0v) is 10.3. The van der Waals surface area contributed by atoms with Crippen LogP contribution in [0.2, 0.25) is 0 Å². The van der Waals surface area contributed by atoms with Crippen molar-refractivity contribution in [2.24, 2.45) is 10.9 Å². The second-order valence-corrected chi connectivity index (χ2v) is 4.16. The lowest BCUT2D eigenvalue weighted by Crippen LogP contribution is -2.39. The molecule has 0 heterocycles. The summed E-state index contributed by atoms with van der Waals surface area (Å²) < 4.78 is 0. The minimum atomic E-state index is -0.888. The SMILES string of the molecule is NC(=O)N(O)[C@@H]1C=CC(=NOCc2ccccc2)C1. The minimum Gasteiger partial charge on any atom is -0.391 e. The zero-order chi connectivity index (χ0) is 13.7. The van der Waals surface area contributed by atoms with Gasteiger partial charge in [-0.2, -0.15) is 5.06 Å². The average Bonchev–Trinajstić information content (AvgIpc) is 2.88. The largest absolute Gasteiger partial charge is 0.391 e. The third-order valence-corrected chi connectivity index (χ3v) is 2.72.